The van der Waals surface area contributed by atoms with Gasteiger partial charge in [0.2, 0.25) is 0 Å². The predicted octanol–water partition coefficient (Wildman–Crippen LogP) is 4.58. The monoisotopic (exact) mass is 321 g/mol. The van der Waals surface area contributed by atoms with Gasteiger partial charge in [-0.3, -0.25) is 0 Å². The molecule has 0 heterocycles. The Kier molecular flexibility index (Phi) is 2.22. The van der Waals surface area contributed by atoms with Gasteiger partial charge in [0.1, 0.15) is 0 Å². The molecule has 0 nitrogen and oxygen atoms in total. The molecule has 0 N–H and O–H groups in total. The number of fused-ring (bicyclic) bond motifs is 3. The van der Waals surface area contributed by atoms with Crippen LogP contribution in [-0.4, -0.2) is 0 Å². The smallest absolute Gasteiger partial charge is 0.0399 e. The lowest BCUT2D eigenvalue weighted by Crippen LogP contribution is -1.81. The molecule has 0 aromatic heterocycles. The van der Waals surface area contributed by atoms with E-state index in [9.17, 15) is 0 Å². The molecule has 1 radical (unpaired) electrons. The molecule has 1 aliphatic rings. The molecule has 3 rings (SSSR count). The van der Waals surface area contributed by atoms with Crippen LogP contribution in [0, 0.1) is 6.07 Å². The Bertz CT molecular complexity index is 544. The van der Waals surface area contributed by atoms with Crippen molar-refractivity contribution >= 4 is 31.9 Å². The standard InChI is InChI=1S/C13H7Br2/c14-12-6-9-5-8-3-1-2-4-10(8)11(9)7-13(12)15/h1-4,7H,5H2. The third kappa shape index (κ3) is 1.47. The molecule has 0 unspecified atom stereocenters. The first-order valence-corrected chi connectivity index (χ1v) is 6.33. The van der Waals surface area contributed by atoms with E-state index in [1.807, 2.05) is 0 Å². The van der Waals surface area contributed by atoms with E-state index in [-0.39, 0.29) is 0 Å². The second-order valence-electron chi connectivity index (χ2n) is 3.66. The van der Waals surface area contributed by atoms with E-state index >= 15 is 0 Å². The van der Waals surface area contributed by atoms with E-state index in [1.54, 1.807) is 0 Å². The Hall–Kier alpha value is -0.600. The van der Waals surface area contributed by atoms with Gasteiger partial charge >= 0.3 is 0 Å². The predicted molar refractivity (Wildman–Crippen MR) is 68.9 cm³/mol. The Morgan fingerprint density at radius 2 is 1.87 bits per heavy atom. The zero-order valence-electron chi connectivity index (χ0n) is 7.85. The fourth-order valence-corrected chi connectivity index (χ4v) is 2.73. The quantitative estimate of drug-likeness (QED) is 0.568. The topological polar surface area (TPSA) is 0 Å². The van der Waals surface area contributed by atoms with Crippen LogP contribution in [0.2, 0.25) is 0 Å². The minimum absolute atomic E-state index is 0.997. The highest BCUT2D eigenvalue weighted by Crippen LogP contribution is 2.40. The first-order valence-electron chi connectivity index (χ1n) is 4.74. The third-order valence-corrected chi connectivity index (χ3v) is 4.52. The van der Waals surface area contributed by atoms with Crippen LogP contribution in [0.5, 0.6) is 0 Å². The average Bonchev–Trinajstić information content (AvgIpc) is 2.57. The molecule has 0 saturated heterocycles. The minimum atomic E-state index is 0.997. The summed E-state index contributed by atoms with van der Waals surface area (Å²) in [5.74, 6) is 0. The van der Waals surface area contributed by atoms with Crippen LogP contribution in [0.1, 0.15) is 11.1 Å². The Morgan fingerprint density at radius 1 is 1.07 bits per heavy atom. The molecule has 2 aromatic carbocycles. The van der Waals surface area contributed by atoms with Gasteiger partial charge in [-0.1, -0.05) is 24.3 Å². The molecule has 15 heavy (non-hydrogen) atoms. The molecule has 0 atom stereocenters. The van der Waals surface area contributed by atoms with Gasteiger partial charge in [0.05, 0.1) is 0 Å². The summed E-state index contributed by atoms with van der Waals surface area (Å²) >= 11 is 7.01. The van der Waals surface area contributed by atoms with Gasteiger partial charge in [0.15, 0.2) is 0 Å². The second kappa shape index (κ2) is 3.46. The highest BCUT2D eigenvalue weighted by Gasteiger charge is 2.19. The van der Waals surface area contributed by atoms with Crippen molar-refractivity contribution < 1.29 is 0 Å². The van der Waals surface area contributed by atoms with Crippen molar-refractivity contribution in [2.24, 2.45) is 0 Å². The highest BCUT2D eigenvalue weighted by molar-refractivity contribution is 9.13. The van der Waals surface area contributed by atoms with E-state index in [0.29, 0.717) is 0 Å². The highest BCUT2D eigenvalue weighted by atomic mass is 79.9. The summed E-state index contributed by atoms with van der Waals surface area (Å²) in [5, 5.41) is 0. The van der Waals surface area contributed by atoms with Crippen LogP contribution in [-0.2, 0) is 6.42 Å². The van der Waals surface area contributed by atoms with Gasteiger partial charge in [0.25, 0.3) is 0 Å². The van der Waals surface area contributed by atoms with Crippen LogP contribution in [0.3, 0.4) is 0 Å². The zero-order valence-corrected chi connectivity index (χ0v) is 11.0. The fourth-order valence-electron chi connectivity index (χ4n) is 2.04. The average molecular weight is 323 g/mol. The van der Waals surface area contributed by atoms with Crippen LogP contribution < -0.4 is 0 Å². The fraction of sp³-hybridized carbons (Fsp3) is 0.0769. The Labute approximate surface area is 106 Å². The Balaban J connectivity index is 2.29. The van der Waals surface area contributed by atoms with E-state index in [4.69, 9.17) is 0 Å². The number of hydrogen-bond acceptors (Lipinski definition) is 0. The van der Waals surface area contributed by atoms with E-state index in [1.165, 1.54) is 22.3 Å². The summed E-state index contributed by atoms with van der Waals surface area (Å²) in [6.45, 7) is 0. The molecule has 73 valence electrons. The number of hydrogen-bond donors (Lipinski definition) is 0. The lowest BCUT2D eigenvalue weighted by Gasteiger charge is -2.02. The number of halogens is 2. The van der Waals surface area contributed by atoms with Crippen LogP contribution in [0.25, 0.3) is 11.1 Å². The molecule has 0 aliphatic heterocycles. The van der Waals surface area contributed by atoms with E-state index < -0.39 is 0 Å². The van der Waals surface area contributed by atoms with E-state index in [0.717, 1.165) is 15.4 Å². The van der Waals surface area contributed by atoms with Crippen LogP contribution in [0.15, 0.2) is 39.3 Å². The van der Waals surface area contributed by atoms with Gasteiger partial charge in [-0.15, -0.1) is 0 Å². The van der Waals surface area contributed by atoms with Crippen molar-refractivity contribution in [2.75, 3.05) is 0 Å². The third-order valence-electron chi connectivity index (χ3n) is 2.74. The lowest BCUT2D eigenvalue weighted by atomic mass is 10.1. The SMILES string of the molecule is Brc1[c]c2c(cc1Br)-c1ccccc1C2. The second-order valence-corrected chi connectivity index (χ2v) is 5.30. The summed E-state index contributed by atoms with van der Waals surface area (Å²) in [4.78, 5) is 0. The van der Waals surface area contributed by atoms with Crippen molar-refractivity contribution in [3.8, 4) is 11.1 Å². The van der Waals surface area contributed by atoms with Gasteiger partial charge in [-0.25, -0.2) is 0 Å². The lowest BCUT2D eigenvalue weighted by molar-refractivity contribution is 1.25. The van der Waals surface area contributed by atoms with Gasteiger partial charge in [-0.05, 0) is 66.6 Å². The maximum Gasteiger partial charge on any atom is 0.0399 e. The molecule has 2 aromatic rings. The summed E-state index contributed by atoms with van der Waals surface area (Å²) < 4.78 is 2.08. The maximum atomic E-state index is 3.52. The first kappa shape index (κ1) is 9.61. The summed E-state index contributed by atoms with van der Waals surface area (Å²) in [6.07, 6.45) is 0.997. The van der Waals surface area contributed by atoms with Crippen molar-refractivity contribution in [3.05, 3.63) is 56.5 Å². The summed E-state index contributed by atoms with van der Waals surface area (Å²) in [6, 6.07) is 14.1. The molecule has 0 bridgehead atoms. The summed E-state index contributed by atoms with van der Waals surface area (Å²) in [5.41, 5.74) is 5.33. The van der Waals surface area contributed by atoms with E-state index in [2.05, 4.69) is 68.3 Å². The zero-order chi connectivity index (χ0) is 10.4. The van der Waals surface area contributed by atoms with Crippen LogP contribution >= 0.6 is 31.9 Å². The Morgan fingerprint density at radius 3 is 2.73 bits per heavy atom. The molecule has 1 aliphatic carbocycles. The normalized spacial score (nSPS) is 12.4. The number of benzene rings is 2. The summed E-state index contributed by atoms with van der Waals surface area (Å²) in [7, 11) is 0. The largest absolute Gasteiger partial charge is 0.0619 e. The van der Waals surface area contributed by atoms with Crippen molar-refractivity contribution in [1.29, 1.82) is 0 Å². The van der Waals surface area contributed by atoms with Gasteiger partial charge in [0, 0.05) is 15.0 Å². The van der Waals surface area contributed by atoms with Crippen molar-refractivity contribution in [3.63, 3.8) is 0 Å². The molecule has 0 saturated carbocycles. The van der Waals surface area contributed by atoms with Crippen molar-refractivity contribution in [2.45, 2.75) is 6.42 Å². The van der Waals surface area contributed by atoms with Crippen molar-refractivity contribution in [1.82, 2.24) is 0 Å². The molecule has 0 amide bonds. The molecule has 2 heteroatoms. The molecular weight excluding hydrogens is 316 g/mol. The minimum Gasteiger partial charge on any atom is -0.0619 e. The molecule has 0 fully saturated rings. The molecule has 0 spiro atoms. The van der Waals surface area contributed by atoms with Crippen LogP contribution in [0.4, 0.5) is 0 Å². The van der Waals surface area contributed by atoms with Gasteiger partial charge < -0.3 is 0 Å². The number of rotatable bonds is 0. The molecular formula is C13H7Br2. The van der Waals surface area contributed by atoms with Gasteiger partial charge in [-0.2, -0.15) is 0 Å². The first-order chi connectivity index (χ1) is 7.25. The maximum absolute atomic E-state index is 3.52.